The van der Waals surface area contributed by atoms with Crippen molar-refractivity contribution in [3.63, 3.8) is 0 Å². The summed E-state index contributed by atoms with van der Waals surface area (Å²) in [6.45, 7) is 4.59. The summed E-state index contributed by atoms with van der Waals surface area (Å²) in [5.41, 5.74) is 1.83. The van der Waals surface area contributed by atoms with Crippen molar-refractivity contribution in [2.45, 2.75) is 30.8 Å². The van der Waals surface area contributed by atoms with Crippen molar-refractivity contribution in [2.75, 3.05) is 5.32 Å². The Labute approximate surface area is 170 Å². The van der Waals surface area contributed by atoms with Crippen molar-refractivity contribution < 1.29 is 4.79 Å². The third-order valence-corrected chi connectivity index (χ3v) is 6.18. The summed E-state index contributed by atoms with van der Waals surface area (Å²) in [5, 5.41) is 12.5. The van der Waals surface area contributed by atoms with E-state index in [4.69, 9.17) is 0 Å². The predicted molar refractivity (Wildman–Crippen MR) is 112 cm³/mol. The van der Waals surface area contributed by atoms with Gasteiger partial charge >= 0.3 is 0 Å². The van der Waals surface area contributed by atoms with E-state index in [0.717, 1.165) is 21.6 Å². The number of fused-ring (bicyclic) bond motifs is 1. The monoisotopic (exact) mass is 410 g/mol. The SMILES string of the molecule is CCn1c(SC(C)C(=O)Nc2nc3ccccc3s2)nnc1-c1ccncc1. The van der Waals surface area contributed by atoms with Gasteiger partial charge in [-0.25, -0.2) is 4.98 Å². The van der Waals surface area contributed by atoms with E-state index >= 15 is 0 Å². The number of rotatable bonds is 6. The first-order valence-corrected chi connectivity index (χ1v) is 10.5. The van der Waals surface area contributed by atoms with E-state index < -0.39 is 0 Å². The van der Waals surface area contributed by atoms with Crippen LogP contribution in [-0.2, 0) is 11.3 Å². The maximum Gasteiger partial charge on any atom is 0.239 e. The standard InChI is InChI=1S/C19H18N6OS2/c1-3-25-16(13-8-10-20-11-9-13)23-24-19(25)27-12(2)17(26)22-18-21-14-6-4-5-7-15(14)28-18/h4-12H,3H2,1-2H3,(H,21,22,26). The molecule has 7 nitrogen and oxygen atoms in total. The van der Waals surface area contributed by atoms with E-state index in [-0.39, 0.29) is 11.2 Å². The Morgan fingerprint density at radius 3 is 2.75 bits per heavy atom. The van der Waals surface area contributed by atoms with Crippen molar-refractivity contribution in [3.05, 3.63) is 48.8 Å². The molecular formula is C19H18N6OS2. The van der Waals surface area contributed by atoms with Gasteiger partial charge in [-0.2, -0.15) is 0 Å². The van der Waals surface area contributed by atoms with Gasteiger partial charge in [0.2, 0.25) is 5.91 Å². The number of benzene rings is 1. The number of thioether (sulfide) groups is 1. The van der Waals surface area contributed by atoms with E-state index in [9.17, 15) is 4.79 Å². The zero-order valence-electron chi connectivity index (χ0n) is 15.4. The van der Waals surface area contributed by atoms with Gasteiger partial charge in [-0.15, -0.1) is 10.2 Å². The summed E-state index contributed by atoms with van der Waals surface area (Å²) in [5.74, 6) is 0.659. The summed E-state index contributed by atoms with van der Waals surface area (Å²) in [6, 6.07) is 11.6. The third-order valence-electron chi connectivity index (χ3n) is 4.15. The van der Waals surface area contributed by atoms with E-state index in [2.05, 4.69) is 25.5 Å². The molecule has 0 saturated heterocycles. The first-order chi connectivity index (χ1) is 13.7. The Balaban J connectivity index is 1.49. The molecule has 4 aromatic rings. The van der Waals surface area contributed by atoms with Gasteiger partial charge in [0.1, 0.15) is 0 Å². The highest BCUT2D eigenvalue weighted by Crippen LogP contribution is 2.29. The Hall–Kier alpha value is -2.78. The van der Waals surface area contributed by atoms with Crippen LogP contribution in [0.2, 0.25) is 0 Å². The number of thiazole rings is 1. The van der Waals surface area contributed by atoms with Gasteiger partial charge in [0.25, 0.3) is 0 Å². The molecule has 1 aromatic carbocycles. The molecule has 0 aliphatic rings. The highest BCUT2D eigenvalue weighted by molar-refractivity contribution is 8.00. The van der Waals surface area contributed by atoms with Crippen LogP contribution in [0.4, 0.5) is 5.13 Å². The predicted octanol–water partition coefficient (Wildman–Crippen LogP) is 4.09. The molecule has 0 radical (unpaired) electrons. The molecule has 9 heteroatoms. The third kappa shape index (κ3) is 3.76. The fraction of sp³-hybridized carbons (Fsp3) is 0.211. The lowest BCUT2D eigenvalue weighted by atomic mass is 10.2. The minimum absolute atomic E-state index is 0.111. The van der Waals surface area contributed by atoms with Crippen molar-refractivity contribution in [2.24, 2.45) is 0 Å². The number of pyridine rings is 1. The topological polar surface area (TPSA) is 85.6 Å². The second-order valence-electron chi connectivity index (χ2n) is 6.02. The average molecular weight is 411 g/mol. The highest BCUT2D eigenvalue weighted by Gasteiger charge is 2.21. The molecule has 142 valence electrons. The van der Waals surface area contributed by atoms with Crippen LogP contribution >= 0.6 is 23.1 Å². The maximum atomic E-state index is 12.6. The number of anilines is 1. The number of carbonyl (C=O) groups excluding carboxylic acids is 1. The highest BCUT2D eigenvalue weighted by atomic mass is 32.2. The molecular weight excluding hydrogens is 392 g/mol. The molecule has 1 atom stereocenters. The van der Waals surface area contributed by atoms with E-state index in [1.807, 2.05) is 54.8 Å². The largest absolute Gasteiger partial charge is 0.302 e. The van der Waals surface area contributed by atoms with Crippen molar-refractivity contribution in [1.29, 1.82) is 0 Å². The molecule has 1 unspecified atom stereocenters. The maximum absolute atomic E-state index is 12.6. The summed E-state index contributed by atoms with van der Waals surface area (Å²) >= 11 is 2.85. The molecule has 1 amide bonds. The summed E-state index contributed by atoms with van der Waals surface area (Å²) in [7, 11) is 0. The number of nitrogens with zero attached hydrogens (tertiary/aromatic N) is 5. The molecule has 0 saturated carbocycles. The molecule has 0 aliphatic heterocycles. The fourth-order valence-electron chi connectivity index (χ4n) is 2.72. The summed E-state index contributed by atoms with van der Waals surface area (Å²) in [6.07, 6.45) is 3.45. The first kappa shape index (κ1) is 18.6. The zero-order valence-corrected chi connectivity index (χ0v) is 17.0. The van der Waals surface area contributed by atoms with Gasteiger partial charge in [-0.1, -0.05) is 35.2 Å². The lowest BCUT2D eigenvalue weighted by molar-refractivity contribution is -0.115. The normalized spacial score (nSPS) is 12.2. The van der Waals surface area contributed by atoms with Gasteiger partial charge in [0.05, 0.1) is 15.5 Å². The Bertz CT molecular complexity index is 1080. The van der Waals surface area contributed by atoms with Crippen LogP contribution < -0.4 is 5.32 Å². The van der Waals surface area contributed by atoms with Gasteiger partial charge in [0, 0.05) is 24.5 Å². The van der Waals surface area contributed by atoms with E-state index in [0.29, 0.717) is 16.8 Å². The van der Waals surface area contributed by atoms with Crippen LogP contribution in [0.1, 0.15) is 13.8 Å². The molecule has 0 aliphatic carbocycles. The first-order valence-electron chi connectivity index (χ1n) is 8.82. The lowest BCUT2D eigenvalue weighted by Crippen LogP contribution is -2.22. The van der Waals surface area contributed by atoms with Crippen molar-refractivity contribution in [1.82, 2.24) is 24.7 Å². The Morgan fingerprint density at radius 2 is 2.00 bits per heavy atom. The van der Waals surface area contributed by atoms with E-state index in [1.54, 1.807) is 12.4 Å². The second-order valence-corrected chi connectivity index (χ2v) is 8.36. The molecule has 3 heterocycles. The summed E-state index contributed by atoms with van der Waals surface area (Å²) in [4.78, 5) is 21.1. The number of carbonyl (C=O) groups is 1. The molecule has 28 heavy (non-hydrogen) atoms. The Kier molecular flexibility index (Phi) is 5.36. The van der Waals surface area contributed by atoms with Crippen LogP contribution in [0.3, 0.4) is 0 Å². The van der Waals surface area contributed by atoms with E-state index in [1.165, 1.54) is 23.1 Å². The fourth-order valence-corrected chi connectivity index (χ4v) is 4.50. The Morgan fingerprint density at radius 1 is 1.21 bits per heavy atom. The van der Waals surface area contributed by atoms with Gasteiger partial charge in [-0.3, -0.25) is 9.78 Å². The molecule has 0 bridgehead atoms. The minimum atomic E-state index is -0.341. The molecule has 1 N–H and O–H groups in total. The van der Waals surface area contributed by atoms with Crippen LogP contribution in [0.15, 0.2) is 53.9 Å². The van der Waals surface area contributed by atoms with Crippen molar-refractivity contribution >= 4 is 44.4 Å². The smallest absolute Gasteiger partial charge is 0.239 e. The number of para-hydroxylation sites is 1. The molecule has 0 spiro atoms. The number of aromatic nitrogens is 5. The molecule has 0 fully saturated rings. The number of hydrogen-bond donors (Lipinski definition) is 1. The van der Waals surface area contributed by atoms with Crippen LogP contribution in [0.5, 0.6) is 0 Å². The number of nitrogens with one attached hydrogen (secondary N) is 1. The quantitative estimate of drug-likeness (QED) is 0.482. The number of hydrogen-bond acceptors (Lipinski definition) is 7. The minimum Gasteiger partial charge on any atom is -0.302 e. The lowest BCUT2D eigenvalue weighted by Gasteiger charge is -2.11. The molecule has 4 rings (SSSR count). The van der Waals surface area contributed by atoms with Crippen LogP contribution in [0, 0.1) is 0 Å². The summed E-state index contributed by atoms with van der Waals surface area (Å²) < 4.78 is 3.05. The van der Waals surface area contributed by atoms with Gasteiger partial charge in [0.15, 0.2) is 16.1 Å². The van der Waals surface area contributed by atoms with Crippen LogP contribution in [0.25, 0.3) is 21.6 Å². The number of amides is 1. The average Bonchev–Trinajstić information content (AvgIpc) is 3.31. The van der Waals surface area contributed by atoms with Gasteiger partial charge in [-0.05, 0) is 38.1 Å². The van der Waals surface area contributed by atoms with Crippen LogP contribution in [-0.4, -0.2) is 35.9 Å². The molecule has 3 aromatic heterocycles. The second kappa shape index (κ2) is 8.07. The van der Waals surface area contributed by atoms with Gasteiger partial charge < -0.3 is 9.88 Å². The zero-order chi connectivity index (χ0) is 19.5. The van der Waals surface area contributed by atoms with Crippen molar-refractivity contribution in [3.8, 4) is 11.4 Å².